The van der Waals surface area contributed by atoms with Gasteiger partial charge in [-0.2, -0.15) is 0 Å². The fourth-order valence-corrected chi connectivity index (χ4v) is 1.84. The van der Waals surface area contributed by atoms with E-state index in [1.807, 2.05) is 19.0 Å². The van der Waals surface area contributed by atoms with Crippen LogP contribution in [-0.4, -0.2) is 66.8 Å². The molecule has 1 aliphatic rings. The van der Waals surface area contributed by atoms with Crippen LogP contribution in [0.3, 0.4) is 0 Å². The van der Waals surface area contributed by atoms with Gasteiger partial charge in [0.1, 0.15) is 0 Å². The molecule has 6 heteroatoms. The first-order chi connectivity index (χ1) is 8.00. The van der Waals surface area contributed by atoms with Crippen LogP contribution >= 0.6 is 0 Å². The second kappa shape index (κ2) is 6.44. The monoisotopic (exact) mass is 244 g/mol. The largest absolute Gasteiger partial charge is 0.481 e. The summed E-state index contributed by atoms with van der Waals surface area (Å²) in [6, 6.07) is -0.00713. The van der Waals surface area contributed by atoms with Crippen molar-refractivity contribution in [1.29, 1.82) is 0 Å². The number of aliphatic carboxylic acids is 1. The molecule has 0 aromatic carbocycles. The lowest BCUT2D eigenvalue weighted by atomic mass is 10.1. The van der Waals surface area contributed by atoms with E-state index in [9.17, 15) is 9.59 Å². The van der Waals surface area contributed by atoms with Gasteiger partial charge in [0.05, 0.1) is 6.61 Å². The van der Waals surface area contributed by atoms with Crippen molar-refractivity contribution in [2.45, 2.75) is 25.3 Å². The van der Waals surface area contributed by atoms with Crippen molar-refractivity contribution in [2.75, 3.05) is 33.8 Å². The third-order valence-corrected chi connectivity index (χ3v) is 2.83. The maximum absolute atomic E-state index is 11.6. The number of carbonyl (C=O) groups is 2. The van der Waals surface area contributed by atoms with Crippen LogP contribution in [0.4, 0.5) is 4.79 Å². The molecule has 0 saturated carbocycles. The van der Waals surface area contributed by atoms with E-state index in [1.54, 1.807) is 4.90 Å². The molecule has 0 spiro atoms. The molecule has 1 N–H and O–H groups in total. The lowest BCUT2D eigenvalue weighted by Gasteiger charge is -2.35. The van der Waals surface area contributed by atoms with Crippen molar-refractivity contribution in [2.24, 2.45) is 0 Å². The molecule has 1 aliphatic heterocycles. The van der Waals surface area contributed by atoms with Gasteiger partial charge in [0.2, 0.25) is 0 Å². The zero-order valence-corrected chi connectivity index (χ0v) is 10.4. The summed E-state index contributed by atoms with van der Waals surface area (Å²) in [6.45, 7) is 1.72. The molecule has 6 nitrogen and oxygen atoms in total. The number of hydrogen-bond donors (Lipinski definition) is 1. The van der Waals surface area contributed by atoms with E-state index >= 15 is 0 Å². The Morgan fingerprint density at radius 2 is 2.29 bits per heavy atom. The third-order valence-electron chi connectivity index (χ3n) is 2.83. The van der Waals surface area contributed by atoms with Gasteiger partial charge in [0.25, 0.3) is 0 Å². The van der Waals surface area contributed by atoms with E-state index in [1.165, 1.54) is 0 Å². The molecule has 1 atom stereocenters. The van der Waals surface area contributed by atoms with Crippen molar-refractivity contribution in [1.82, 2.24) is 9.80 Å². The van der Waals surface area contributed by atoms with E-state index in [0.717, 1.165) is 6.54 Å². The molecule has 0 radical (unpaired) electrons. The van der Waals surface area contributed by atoms with Crippen molar-refractivity contribution in [3.05, 3.63) is 0 Å². The molecule has 17 heavy (non-hydrogen) atoms. The van der Waals surface area contributed by atoms with Gasteiger partial charge in [0.15, 0.2) is 0 Å². The summed E-state index contributed by atoms with van der Waals surface area (Å²) in [5, 5.41) is 8.67. The molecule has 0 aromatic rings. The molecule has 98 valence electrons. The second-order valence-electron chi connectivity index (χ2n) is 4.49. The number of nitrogens with zero attached hydrogens (tertiary/aromatic N) is 2. The molecular formula is C11H20N2O4. The van der Waals surface area contributed by atoms with E-state index < -0.39 is 5.97 Å². The van der Waals surface area contributed by atoms with Crippen LogP contribution in [0.2, 0.25) is 0 Å². The van der Waals surface area contributed by atoms with Crippen LogP contribution in [0.5, 0.6) is 0 Å². The van der Waals surface area contributed by atoms with Crippen LogP contribution < -0.4 is 0 Å². The quantitative estimate of drug-likeness (QED) is 0.742. The minimum absolute atomic E-state index is 0.00713. The Hall–Kier alpha value is -1.30. The summed E-state index contributed by atoms with van der Waals surface area (Å²) < 4.78 is 4.98. The first-order valence-electron chi connectivity index (χ1n) is 5.80. The van der Waals surface area contributed by atoms with Crippen molar-refractivity contribution >= 4 is 12.1 Å². The second-order valence-corrected chi connectivity index (χ2v) is 4.49. The summed E-state index contributed by atoms with van der Waals surface area (Å²) >= 11 is 0. The highest BCUT2D eigenvalue weighted by Crippen LogP contribution is 2.17. The number of cyclic esters (lactones) is 1. The molecule has 1 saturated heterocycles. The van der Waals surface area contributed by atoms with E-state index in [4.69, 9.17) is 9.84 Å². The van der Waals surface area contributed by atoms with Gasteiger partial charge < -0.3 is 19.6 Å². The Kier molecular flexibility index (Phi) is 5.21. The lowest BCUT2D eigenvalue weighted by Crippen LogP contribution is -2.48. The van der Waals surface area contributed by atoms with E-state index in [0.29, 0.717) is 26.0 Å². The maximum atomic E-state index is 11.6. The normalized spacial score (nSPS) is 20.5. The fraction of sp³-hybridized carbons (Fsp3) is 0.818. The number of hydrogen-bond acceptors (Lipinski definition) is 4. The molecule has 0 bridgehead atoms. The Labute approximate surface area is 101 Å². The van der Waals surface area contributed by atoms with E-state index in [-0.39, 0.29) is 18.6 Å². The van der Waals surface area contributed by atoms with Crippen LogP contribution in [0.1, 0.15) is 19.3 Å². The summed E-state index contributed by atoms with van der Waals surface area (Å²) in [4.78, 5) is 25.8. The number of rotatable bonds is 6. The van der Waals surface area contributed by atoms with E-state index in [2.05, 4.69) is 0 Å². The van der Waals surface area contributed by atoms with Crippen LogP contribution in [-0.2, 0) is 9.53 Å². The number of carbonyl (C=O) groups excluding carboxylic acids is 1. The molecule has 1 rings (SSSR count). The van der Waals surface area contributed by atoms with Gasteiger partial charge in [-0.1, -0.05) is 0 Å². The number of carboxylic acids is 1. The molecule has 0 aromatic heterocycles. The predicted molar refractivity (Wildman–Crippen MR) is 61.9 cm³/mol. The fourth-order valence-electron chi connectivity index (χ4n) is 1.84. The van der Waals surface area contributed by atoms with Gasteiger partial charge in [-0.15, -0.1) is 0 Å². The smallest absolute Gasteiger partial charge is 0.410 e. The van der Waals surface area contributed by atoms with Crippen molar-refractivity contribution in [3.8, 4) is 0 Å². The average Bonchev–Trinajstić information content (AvgIpc) is 2.24. The van der Waals surface area contributed by atoms with Gasteiger partial charge >= 0.3 is 12.1 Å². The van der Waals surface area contributed by atoms with Gasteiger partial charge in [0, 0.05) is 32.0 Å². The van der Waals surface area contributed by atoms with Crippen molar-refractivity contribution in [3.63, 3.8) is 0 Å². The van der Waals surface area contributed by atoms with Gasteiger partial charge in [-0.25, -0.2) is 4.79 Å². The zero-order valence-electron chi connectivity index (χ0n) is 10.4. The van der Waals surface area contributed by atoms with Crippen molar-refractivity contribution < 1.29 is 19.4 Å². The number of amides is 1. The lowest BCUT2D eigenvalue weighted by molar-refractivity contribution is -0.137. The summed E-state index contributed by atoms with van der Waals surface area (Å²) in [5.41, 5.74) is 0. The zero-order chi connectivity index (χ0) is 12.8. The highest BCUT2D eigenvalue weighted by atomic mass is 16.6. The Balaban J connectivity index is 2.50. The van der Waals surface area contributed by atoms with Crippen LogP contribution in [0, 0.1) is 0 Å². The third kappa shape index (κ3) is 4.60. The first kappa shape index (κ1) is 13.8. The molecule has 1 amide bonds. The Morgan fingerprint density at radius 3 is 2.88 bits per heavy atom. The standard InChI is InChI=1S/C11H20N2O4/c1-12(2)6-7-13-9(3-4-10(14)15)5-8-17-11(13)16/h9H,3-8H2,1-2H3,(H,14,15). The predicted octanol–water partition coefficient (Wildman–Crippen LogP) is 0.624. The SMILES string of the molecule is CN(C)CCN1C(=O)OCCC1CCC(=O)O. The molecule has 1 heterocycles. The Bertz CT molecular complexity index is 281. The summed E-state index contributed by atoms with van der Waals surface area (Å²) in [5.74, 6) is -0.823. The van der Waals surface area contributed by atoms with Gasteiger partial charge in [-0.05, 0) is 20.5 Å². The maximum Gasteiger partial charge on any atom is 0.410 e. The first-order valence-corrected chi connectivity index (χ1v) is 5.80. The molecule has 0 aliphatic carbocycles. The summed E-state index contributed by atoms with van der Waals surface area (Å²) in [7, 11) is 3.86. The van der Waals surface area contributed by atoms with Crippen LogP contribution in [0.25, 0.3) is 0 Å². The number of ether oxygens (including phenoxy) is 1. The van der Waals surface area contributed by atoms with Gasteiger partial charge in [-0.3, -0.25) is 4.79 Å². The topological polar surface area (TPSA) is 70.1 Å². The minimum atomic E-state index is -0.823. The highest BCUT2D eigenvalue weighted by molar-refractivity contribution is 5.69. The summed E-state index contributed by atoms with van der Waals surface area (Å²) in [6.07, 6.45) is 0.981. The number of likely N-dealkylation sites (N-methyl/N-ethyl adjacent to an activating group) is 1. The molecule has 1 unspecified atom stereocenters. The minimum Gasteiger partial charge on any atom is -0.481 e. The average molecular weight is 244 g/mol. The van der Waals surface area contributed by atoms with Crippen LogP contribution in [0.15, 0.2) is 0 Å². The molecular weight excluding hydrogens is 224 g/mol. The molecule has 1 fully saturated rings. The highest BCUT2D eigenvalue weighted by Gasteiger charge is 2.29. The number of carboxylic acid groups (broad SMARTS) is 1. The Morgan fingerprint density at radius 1 is 1.59 bits per heavy atom.